The van der Waals surface area contributed by atoms with E-state index in [0.717, 1.165) is 5.56 Å². The van der Waals surface area contributed by atoms with Crippen LogP contribution in [0.25, 0.3) is 0 Å². The third-order valence-corrected chi connectivity index (χ3v) is 5.29. The molecule has 0 atom stereocenters. The third kappa shape index (κ3) is 6.14. The van der Waals surface area contributed by atoms with E-state index < -0.39 is 10.8 Å². The fraction of sp³-hybridized carbons (Fsp3) is 0.238. The SMILES string of the molecule is CCOC(=O)CSc1nnc(CNC(=O)c2ccc([N+](=O)[O-])cc2)n1Cc1ccccc1. The number of nitro groups is 1. The highest BCUT2D eigenvalue weighted by Gasteiger charge is 2.17. The van der Waals surface area contributed by atoms with Crippen molar-refractivity contribution in [3.8, 4) is 0 Å². The lowest BCUT2D eigenvalue weighted by Crippen LogP contribution is -2.25. The molecule has 2 aromatic carbocycles. The Kier molecular flexibility index (Phi) is 7.92. The minimum Gasteiger partial charge on any atom is -0.465 e. The van der Waals surface area contributed by atoms with E-state index in [-0.39, 0.29) is 24.0 Å². The molecule has 3 aromatic rings. The lowest BCUT2D eigenvalue weighted by Gasteiger charge is -2.11. The number of hydrogen-bond donors (Lipinski definition) is 1. The fourth-order valence-corrected chi connectivity index (χ4v) is 3.56. The average molecular weight is 455 g/mol. The maximum Gasteiger partial charge on any atom is 0.316 e. The van der Waals surface area contributed by atoms with E-state index in [9.17, 15) is 19.7 Å². The molecule has 1 amide bonds. The molecule has 0 saturated carbocycles. The molecule has 0 aliphatic heterocycles. The van der Waals surface area contributed by atoms with Crippen LogP contribution in [0.4, 0.5) is 5.69 Å². The van der Waals surface area contributed by atoms with Crippen LogP contribution in [0.1, 0.15) is 28.7 Å². The molecule has 0 fully saturated rings. The molecular weight excluding hydrogens is 434 g/mol. The maximum atomic E-state index is 12.5. The van der Waals surface area contributed by atoms with Crippen molar-refractivity contribution < 1.29 is 19.2 Å². The van der Waals surface area contributed by atoms with Crippen molar-refractivity contribution in [2.24, 2.45) is 0 Å². The molecule has 0 saturated heterocycles. The first-order valence-corrected chi connectivity index (χ1v) is 10.7. The van der Waals surface area contributed by atoms with Crippen LogP contribution < -0.4 is 5.32 Å². The van der Waals surface area contributed by atoms with Gasteiger partial charge in [-0.2, -0.15) is 0 Å². The third-order valence-electron chi connectivity index (χ3n) is 4.35. The van der Waals surface area contributed by atoms with Crippen molar-refractivity contribution in [2.75, 3.05) is 12.4 Å². The summed E-state index contributed by atoms with van der Waals surface area (Å²) in [6, 6.07) is 15.0. The van der Waals surface area contributed by atoms with Crippen LogP contribution in [0, 0.1) is 10.1 Å². The number of rotatable bonds is 10. The fourth-order valence-electron chi connectivity index (χ4n) is 2.80. The van der Waals surface area contributed by atoms with Crippen molar-refractivity contribution >= 4 is 29.3 Å². The Hall–Kier alpha value is -3.73. The Bertz CT molecular complexity index is 1090. The van der Waals surface area contributed by atoms with Crippen molar-refractivity contribution in [1.29, 1.82) is 0 Å². The summed E-state index contributed by atoms with van der Waals surface area (Å²) in [5.41, 5.74) is 1.21. The highest BCUT2D eigenvalue weighted by molar-refractivity contribution is 7.99. The lowest BCUT2D eigenvalue weighted by atomic mass is 10.2. The Labute approximate surface area is 188 Å². The monoisotopic (exact) mass is 455 g/mol. The van der Waals surface area contributed by atoms with Crippen LogP contribution >= 0.6 is 11.8 Å². The highest BCUT2D eigenvalue weighted by atomic mass is 32.2. The molecule has 11 heteroatoms. The van der Waals surface area contributed by atoms with E-state index >= 15 is 0 Å². The molecule has 3 rings (SSSR count). The topological polar surface area (TPSA) is 129 Å². The number of carbonyl (C=O) groups is 2. The molecule has 1 heterocycles. The molecule has 0 radical (unpaired) electrons. The van der Waals surface area contributed by atoms with Gasteiger partial charge in [-0.1, -0.05) is 42.1 Å². The van der Waals surface area contributed by atoms with Crippen LogP contribution in [0.5, 0.6) is 0 Å². The van der Waals surface area contributed by atoms with Gasteiger partial charge in [0.1, 0.15) is 0 Å². The average Bonchev–Trinajstić information content (AvgIpc) is 3.18. The van der Waals surface area contributed by atoms with Gasteiger partial charge in [-0.3, -0.25) is 19.7 Å². The Morgan fingerprint density at radius 2 is 1.84 bits per heavy atom. The summed E-state index contributed by atoms with van der Waals surface area (Å²) in [7, 11) is 0. The molecule has 32 heavy (non-hydrogen) atoms. The van der Waals surface area contributed by atoms with Crippen LogP contribution in [-0.4, -0.2) is 43.9 Å². The summed E-state index contributed by atoms with van der Waals surface area (Å²) in [5, 5.41) is 22.4. The number of amides is 1. The molecule has 10 nitrogen and oxygen atoms in total. The van der Waals surface area contributed by atoms with Crippen molar-refractivity contribution in [1.82, 2.24) is 20.1 Å². The predicted molar refractivity (Wildman–Crippen MR) is 117 cm³/mol. The zero-order chi connectivity index (χ0) is 22.9. The van der Waals surface area contributed by atoms with Crippen LogP contribution in [0.3, 0.4) is 0 Å². The number of nitrogens with one attached hydrogen (secondary N) is 1. The van der Waals surface area contributed by atoms with Gasteiger partial charge in [-0.05, 0) is 24.6 Å². The number of ether oxygens (including phenoxy) is 1. The van der Waals surface area contributed by atoms with E-state index in [0.29, 0.717) is 29.7 Å². The number of aromatic nitrogens is 3. The normalized spacial score (nSPS) is 10.5. The minimum atomic E-state index is -0.525. The summed E-state index contributed by atoms with van der Waals surface area (Å²) in [6.07, 6.45) is 0. The van der Waals surface area contributed by atoms with Gasteiger partial charge in [0.2, 0.25) is 0 Å². The van der Waals surface area contributed by atoms with Gasteiger partial charge in [-0.15, -0.1) is 10.2 Å². The quantitative estimate of drug-likeness (QED) is 0.214. The van der Waals surface area contributed by atoms with Gasteiger partial charge in [0, 0.05) is 17.7 Å². The number of non-ortho nitro benzene ring substituents is 1. The molecule has 0 unspecified atom stereocenters. The summed E-state index contributed by atoms with van der Waals surface area (Å²) in [5.74, 6) is -0.138. The zero-order valence-corrected chi connectivity index (χ0v) is 18.1. The molecule has 166 valence electrons. The van der Waals surface area contributed by atoms with E-state index in [2.05, 4.69) is 15.5 Å². The Morgan fingerprint density at radius 1 is 1.12 bits per heavy atom. The van der Waals surface area contributed by atoms with Gasteiger partial charge in [0.25, 0.3) is 11.6 Å². The van der Waals surface area contributed by atoms with E-state index in [4.69, 9.17) is 4.74 Å². The zero-order valence-electron chi connectivity index (χ0n) is 17.3. The Morgan fingerprint density at radius 3 is 2.50 bits per heavy atom. The van der Waals surface area contributed by atoms with Gasteiger partial charge < -0.3 is 14.6 Å². The largest absolute Gasteiger partial charge is 0.465 e. The van der Waals surface area contributed by atoms with Gasteiger partial charge in [-0.25, -0.2) is 0 Å². The number of hydrogen-bond acceptors (Lipinski definition) is 8. The van der Waals surface area contributed by atoms with E-state index in [1.807, 2.05) is 34.9 Å². The number of carbonyl (C=O) groups excluding carboxylic acids is 2. The van der Waals surface area contributed by atoms with Crippen molar-refractivity contribution in [3.63, 3.8) is 0 Å². The first-order valence-electron chi connectivity index (χ1n) is 9.75. The van der Waals surface area contributed by atoms with Crippen LogP contribution in [-0.2, 0) is 22.6 Å². The smallest absolute Gasteiger partial charge is 0.316 e. The van der Waals surface area contributed by atoms with Crippen LogP contribution in [0.2, 0.25) is 0 Å². The van der Waals surface area contributed by atoms with Crippen LogP contribution in [0.15, 0.2) is 59.8 Å². The molecule has 0 aliphatic rings. The highest BCUT2D eigenvalue weighted by Crippen LogP contribution is 2.19. The minimum absolute atomic E-state index is 0.0904. The summed E-state index contributed by atoms with van der Waals surface area (Å²) >= 11 is 1.21. The lowest BCUT2D eigenvalue weighted by molar-refractivity contribution is -0.384. The first kappa shape index (κ1) is 22.9. The van der Waals surface area contributed by atoms with Gasteiger partial charge in [0.15, 0.2) is 11.0 Å². The number of thioether (sulfide) groups is 1. The standard InChI is InChI=1S/C21H21N5O5S/c1-2-31-19(27)14-32-21-24-23-18(25(21)13-15-6-4-3-5-7-15)12-22-20(28)16-8-10-17(11-9-16)26(29)30/h3-11H,2,12-14H2,1H3,(H,22,28). The Balaban J connectivity index is 1.73. The van der Waals surface area contributed by atoms with Crippen molar-refractivity contribution in [3.05, 3.63) is 81.7 Å². The second-order valence-electron chi connectivity index (χ2n) is 6.55. The molecule has 0 bridgehead atoms. The number of esters is 1. The van der Waals surface area contributed by atoms with E-state index in [1.54, 1.807) is 6.92 Å². The van der Waals surface area contributed by atoms with Crippen molar-refractivity contribution in [2.45, 2.75) is 25.2 Å². The van der Waals surface area contributed by atoms with Gasteiger partial charge in [0.05, 0.1) is 30.4 Å². The molecule has 0 aliphatic carbocycles. The summed E-state index contributed by atoms with van der Waals surface area (Å²) in [6.45, 7) is 2.60. The summed E-state index contributed by atoms with van der Waals surface area (Å²) in [4.78, 5) is 34.4. The number of benzene rings is 2. The maximum absolute atomic E-state index is 12.5. The number of nitro benzene ring substituents is 1. The molecule has 1 N–H and O–H groups in total. The van der Waals surface area contributed by atoms with E-state index in [1.165, 1.54) is 36.0 Å². The second kappa shape index (κ2) is 11.0. The molecule has 1 aromatic heterocycles. The summed E-state index contributed by atoms with van der Waals surface area (Å²) < 4.78 is 6.79. The molecular formula is C21H21N5O5S. The predicted octanol–water partition coefficient (Wildman–Crippen LogP) is 2.82. The second-order valence-corrected chi connectivity index (χ2v) is 7.49. The molecule has 0 spiro atoms. The van der Waals surface area contributed by atoms with Gasteiger partial charge >= 0.3 is 5.97 Å². The first-order chi connectivity index (χ1) is 15.5. The number of nitrogens with zero attached hydrogens (tertiary/aromatic N) is 4.